The number of hydrogen-bond acceptors (Lipinski definition) is 2. The van der Waals surface area contributed by atoms with Crippen LogP contribution in [-0.4, -0.2) is 0 Å². The van der Waals surface area contributed by atoms with E-state index in [9.17, 15) is 10.2 Å². The van der Waals surface area contributed by atoms with Gasteiger partial charge in [-0.05, 0) is 12.8 Å². The maximum atomic E-state index is 9.33. The minimum absolute atomic E-state index is 0. The van der Waals surface area contributed by atoms with Gasteiger partial charge in [0.05, 0.1) is 0 Å². The van der Waals surface area contributed by atoms with E-state index in [1.165, 1.54) is 36.1 Å². The second kappa shape index (κ2) is 18.7. The maximum Gasteiger partial charge on any atom is 4.00 e. The van der Waals surface area contributed by atoms with Crippen LogP contribution >= 0.6 is 0 Å². The van der Waals surface area contributed by atoms with Crippen LogP contribution in [-0.2, 0) is 39.0 Å². The van der Waals surface area contributed by atoms with Crippen molar-refractivity contribution >= 4 is 0 Å². The second-order valence-corrected chi connectivity index (χ2v) is 7.32. The summed E-state index contributed by atoms with van der Waals surface area (Å²) in [5.74, 6) is -0.167. The smallest absolute Gasteiger partial charge is 0.876 e. The first-order valence-electron chi connectivity index (χ1n) is 10.5. The molecule has 4 rings (SSSR count). The zero-order valence-electron chi connectivity index (χ0n) is 19.5. The van der Waals surface area contributed by atoms with Gasteiger partial charge in [-0.1, -0.05) is 85.6 Å². The van der Waals surface area contributed by atoms with E-state index in [1.807, 2.05) is 0 Å². The molecule has 0 N–H and O–H groups in total. The van der Waals surface area contributed by atoms with Crippen molar-refractivity contribution in [1.82, 2.24) is 0 Å². The van der Waals surface area contributed by atoms with Crippen LogP contribution in [0, 0.1) is 0 Å². The van der Waals surface area contributed by atoms with Gasteiger partial charge in [0.2, 0.25) is 0 Å². The fraction of sp³-hybridized carbons (Fsp3) is 0.133. The monoisotopic (exact) mass is 514 g/mol. The zero-order valence-corrected chi connectivity index (χ0v) is 22.0. The number of rotatable bonds is 4. The summed E-state index contributed by atoms with van der Waals surface area (Å²) in [7, 11) is 0. The fourth-order valence-corrected chi connectivity index (χ4v) is 2.73. The van der Waals surface area contributed by atoms with E-state index in [1.54, 1.807) is 0 Å². The summed E-state index contributed by atoms with van der Waals surface area (Å²) in [4.78, 5) is 0. The largest absolute Gasteiger partial charge is 4.00 e. The van der Waals surface area contributed by atoms with Crippen LogP contribution in [0.15, 0.2) is 134 Å². The van der Waals surface area contributed by atoms with Crippen molar-refractivity contribution in [2.24, 2.45) is 0 Å². The zero-order chi connectivity index (χ0) is 23.6. The van der Waals surface area contributed by atoms with E-state index in [-0.39, 0.29) is 37.7 Å². The van der Waals surface area contributed by atoms with Crippen LogP contribution in [0.2, 0.25) is 0 Å². The molecule has 0 aliphatic heterocycles. The first-order valence-corrected chi connectivity index (χ1v) is 10.5. The normalized spacial score (nSPS) is 8.79. The maximum absolute atomic E-state index is 9.33. The molecule has 0 aliphatic rings. The molecule has 0 aliphatic carbocycles. The van der Waals surface area contributed by atoms with Gasteiger partial charge in [0.15, 0.2) is 0 Å². The van der Waals surface area contributed by atoms with E-state index in [2.05, 4.69) is 122 Å². The average Bonchev–Trinajstić information content (AvgIpc) is 3.44. The molecule has 0 unspecified atom stereocenters. The van der Waals surface area contributed by atoms with Crippen molar-refractivity contribution in [1.29, 1.82) is 0 Å². The first-order chi connectivity index (χ1) is 15.4. The summed E-state index contributed by atoms with van der Waals surface area (Å²) in [6, 6.07) is 38.0. The number of hydrogen-bond donors (Lipinski definition) is 0. The molecule has 3 heteroatoms. The predicted molar refractivity (Wildman–Crippen MR) is 132 cm³/mol. The molecule has 0 spiro atoms. The van der Waals surface area contributed by atoms with Gasteiger partial charge in [0.1, 0.15) is 0 Å². The summed E-state index contributed by atoms with van der Waals surface area (Å²) in [5.41, 5.74) is 5.54. The molecular weight excluding hydrogens is 484 g/mol. The molecule has 4 aromatic carbocycles. The van der Waals surface area contributed by atoms with Crippen molar-refractivity contribution < 1.29 is 36.4 Å². The van der Waals surface area contributed by atoms with Gasteiger partial charge in [-0.25, -0.2) is 24.3 Å². The quantitative estimate of drug-likeness (QED) is 0.257. The summed E-state index contributed by atoms with van der Waals surface area (Å²) in [6.45, 7) is 8.83. The van der Waals surface area contributed by atoms with Crippen LogP contribution in [0.5, 0.6) is 0 Å². The minimum Gasteiger partial charge on any atom is -0.876 e. The molecule has 0 saturated carbocycles. The third-order valence-corrected chi connectivity index (χ3v) is 3.97. The van der Waals surface area contributed by atoms with Crippen molar-refractivity contribution in [2.75, 3.05) is 0 Å². The van der Waals surface area contributed by atoms with Gasteiger partial charge in [0.25, 0.3) is 0 Å². The van der Waals surface area contributed by atoms with Crippen LogP contribution in [0.4, 0.5) is 0 Å². The van der Waals surface area contributed by atoms with Gasteiger partial charge in [-0.15, -0.1) is 24.7 Å². The molecule has 0 fully saturated rings. The molecule has 33 heavy (non-hydrogen) atoms. The Morgan fingerprint density at radius 2 is 0.818 bits per heavy atom. The molecule has 0 bridgehead atoms. The molecule has 0 saturated heterocycles. The Hall–Kier alpha value is -2.90. The Bertz CT molecular complexity index is 879. The van der Waals surface area contributed by atoms with Crippen molar-refractivity contribution in [3.63, 3.8) is 0 Å². The third-order valence-electron chi connectivity index (χ3n) is 3.97. The summed E-state index contributed by atoms with van der Waals surface area (Å²) in [5, 5.41) is 18.7. The third kappa shape index (κ3) is 17.3. The second-order valence-electron chi connectivity index (χ2n) is 7.32. The van der Waals surface area contributed by atoms with E-state index in [0.29, 0.717) is 0 Å². The molecular formula is C30H32O2Zr. The minimum atomic E-state index is -0.0833. The van der Waals surface area contributed by atoms with E-state index < -0.39 is 0 Å². The fourth-order valence-electron chi connectivity index (χ4n) is 2.73. The number of allylic oxidation sites excluding steroid dienone is 2. The van der Waals surface area contributed by atoms with Crippen LogP contribution in [0.1, 0.15) is 36.1 Å². The SMILES string of the molecule is C=C(C)[O-].C=C(C)[O-].[Zr+4].c1ccc(C[c-]2cccc2)cc1.c1ccc(C[c-]2cccc2)cc1. The summed E-state index contributed by atoms with van der Waals surface area (Å²) >= 11 is 0. The van der Waals surface area contributed by atoms with Gasteiger partial charge < -0.3 is 10.2 Å². The Morgan fingerprint density at radius 1 is 0.576 bits per heavy atom. The summed E-state index contributed by atoms with van der Waals surface area (Å²) < 4.78 is 0. The Balaban J connectivity index is 0.000000462. The van der Waals surface area contributed by atoms with E-state index in [4.69, 9.17) is 0 Å². The summed E-state index contributed by atoms with van der Waals surface area (Å²) in [6.07, 6.45) is 2.10. The van der Waals surface area contributed by atoms with Gasteiger partial charge in [0, 0.05) is 0 Å². The molecule has 0 heterocycles. The van der Waals surface area contributed by atoms with Crippen molar-refractivity contribution in [3.05, 3.63) is 156 Å². The Labute approximate surface area is 218 Å². The standard InChI is InChI=1S/2C12H11.2C3H6O.Zr/c2*1-2-6-11(7-3-1)10-12-8-4-5-9-12;2*1-3(2)4;/h2*1-9H,10H2;2*4H,1H2,2H3;/q2*-1;;;+4/p-2. The molecule has 0 radical (unpaired) electrons. The first kappa shape index (κ1) is 30.1. The average molecular weight is 516 g/mol. The van der Waals surface area contributed by atoms with Crippen LogP contribution in [0.3, 0.4) is 0 Å². The van der Waals surface area contributed by atoms with Crippen molar-refractivity contribution in [3.8, 4) is 0 Å². The van der Waals surface area contributed by atoms with Gasteiger partial charge in [-0.2, -0.15) is 35.4 Å². The molecule has 0 aromatic heterocycles. The topological polar surface area (TPSA) is 46.1 Å². The van der Waals surface area contributed by atoms with Crippen LogP contribution < -0.4 is 10.2 Å². The molecule has 2 nitrogen and oxygen atoms in total. The van der Waals surface area contributed by atoms with E-state index >= 15 is 0 Å². The van der Waals surface area contributed by atoms with Crippen molar-refractivity contribution in [2.45, 2.75) is 26.7 Å². The van der Waals surface area contributed by atoms with E-state index in [0.717, 1.165) is 12.8 Å². The molecule has 4 aromatic rings. The Kier molecular flexibility index (Phi) is 17.0. The molecule has 0 atom stereocenters. The predicted octanol–water partition coefficient (Wildman–Crippen LogP) is 5.75. The van der Waals surface area contributed by atoms with Gasteiger partial charge >= 0.3 is 26.2 Å². The van der Waals surface area contributed by atoms with Crippen LogP contribution in [0.25, 0.3) is 0 Å². The molecule has 0 amide bonds. The Morgan fingerprint density at radius 3 is 1.06 bits per heavy atom. The van der Waals surface area contributed by atoms with Gasteiger partial charge in [-0.3, -0.25) is 0 Å². The number of benzene rings is 2. The molecule has 168 valence electrons.